The van der Waals surface area contributed by atoms with E-state index in [9.17, 15) is 15.0 Å². The van der Waals surface area contributed by atoms with Crippen LogP contribution in [0.1, 0.15) is 5.56 Å². The molecule has 0 bridgehead atoms. The summed E-state index contributed by atoms with van der Waals surface area (Å²) >= 11 is 3.24. The van der Waals surface area contributed by atoms with Crippen LogP contribution in [-0.4, -0.2) is 10.2 Å². The Labute approximate surface area is 128 Å². The van der Waals surface area contributed by atoms with Gasteiger partial charge >= 0.3 is 0 Å². The largest absolute Gasteiger partial charge is 0.508 e. The Morgan fingerprint density at radius 2 is 1.86 bits per heavy atom. The van der Waals surface area contributed by atoms with Crippen LogP contribution in [0.5, 0.6) is 11.5 Å². The smallest absolute Gasteiger partial charge is 0.196 e. The van der Waals surface area contributed by atoms with Gasteiger partial charge < -0.3 is 14.6 Å². The van der Waals surface area contributed by atoms with E-state index < -0.39 is 0 Å². The molecule has 0 atom stereocenters. The molecule has 2 aromatic carbocycles. The van der Waals surface area contributed by atoms with E-state index in [0.29, 0.717) is 32.3 Å². The fraction of sp³-hybridized carbons (Fsp3) is 0.0625. The number of phenols is 2. The Bertz CT molecular complexity index is 912. The Morgan fingerprint density at radius 1 is 1.10 bits per heavy atom. The van der Waals surface area contributed by atoms with E-state index in [4.69, 9.17) is 4.42 Å². The van der Waals surface area contributed by atoms with Crippen LogP contribution in [0.15, 0.2) is 50.1 Å². The Balaban J connectivity index is 2.34. The van der Waals surface area contributed by atoms with Gasteiger partial charge in [-0.1, -0.05) is 0 Å². The Morgan fingerprint density at radius 3 is 2.57 bits per heavy atom. The number of hydrogen-bond donors (Lipinski definition) is 2. The molecule has 3 aromatic rings. The first-order chi connectivity index (χ1) is 9.97. The highest BCUT2D eigenvalue weighted by Gasteiger charge is 2.14. The molecule has 4 nitrogen and oxygen atoms in total. The van der Waals surface area contributed by atoms with Crippen molar-refractivity contribution in [1.82, 2.24) is 0 Å². The summed E-state index contributed by atoms with van der Waals surface area (Å²) in [5.41, 5.74) is 1.32. The molecule has 0 saturated heterocycles. The molecule has 0 spiro atoms. The molecule has 0 fully saturated rings. The normalized spacial score (nSPS) is 11.0. The second-order valence-corrected chi connectivity index (χ2v) is 5.59. The van der Waals surface area contributed by atoms with E-state index in [-0.39, 0.29) is 16.9 Å². The molecule has 1 aromatic heterocycles. The first kappa shape index (κ1) is 13.7. The fourth-order valence-electron chi connectivity index (χ4n) is 2.20. The highest BCUT2D eigenvalue weighted by Crippen LogP contribution is 2.32. The van der Waals surface area contributed by atoms with E-state index in [1.165, 1.54) is 18.2 Å². The number of hydrogen-bond acceptors (Lipinski definition) is 4. The van der Waals surface area contributed by atoms with E-state index in [1.807, 2.05) is 0 Å². The van der Waals surface area contributed by atoms with Crippen molar-refractivity contribution < 1.29 is 14.6 Å². The lowest BCUT2D eigenvalue weighted by atomic mass is 10.1. The molecule has 3 rings (SSSR count). The van der Waals surface area contributed by atoms with Crippen molar-refractivity contribution in [2.75, 3.05) is 0 Å². The van der Waals surface area contributed by atoms with Crippen molar-refractivity contribution in [2.24, 2.45) is 0 Å². The molecule has 0 unspecified atom stereocenters. The summed E-state index contributed by atoms with van der Waals surface area (Å²) in [5, 5.41) is 19.5. The first-order valence-electron chi connectivity index (χ1n) is 6.22. The van der Waals surface area contributed by atoms with E-state index >= 15 is 0 Å². The average Bonchev–Trinajstić information content (AvgIpc) is 2.45. The molecule has 1 heterocycles. The van der Waals surface area contributed by atoms with Crippen molar-refractivity contribution >= 4 is 26.9 Å². The SMILES string of the molecule is Cc1c(-c2ccc(O)c(Br)c2)oc2cc(O)ccc2c1=O. The molecule has 0 radical (unpaired) electrons. The van der Waals surface area contributed by atoms with Crippen LogP contribution in [0.25, 0.3) is 22.3 Å². The van der Waals surface area contributed by atoms with E-state index in [0.717, 1.165) is 0 Å². The van der Waals surface area contributed by atoms with Gasteiger partial charge in [-0.3, -0.25) is 4.79 Å². The minimum atomic E-state index is -0.143. The number of rotatable bonds is 1. The third-order valence-corrected chi connectivity index (χ3v) is 3.95. The lowest BCUT2D eigenvalue weighted by molar-refractivity contribution is 0.472. The van der Waals surface area contributed by atoms with Gasteiger partial charge in [0, 0.05) is 17.2 Å². The molecule has 106 valence electrons. The highest BCUT2D eigenvalue weighted by atomic mass is 79.9. The van der Waals surface area contributed by atoms with Crippen molar-refractivity contribution in [3.05, 3.63) is 56.7 Å². The van der Waals surface area contributed by atoms with Gasteiger partial charge in [0.05, 0.1) is 9.86 Å². The zero-order valence-corrected chi connectivity index (χ0v) is 12.6. The first-order valence-corrected chi connectivity index (χ1v) is 7.02. The second-order valence-electron chi connectivity index (χ2n) is 4.73. The van der Waals surface area contributed by atoms with Crippen LogP contribution >= 0.6 is 15.9 Å². The van der Waals surface area contributed by atoms with Gasteiger partial charge in [-0.2, -0.15) is 0 Å². The minimum Gasteiger partial charge on any atom is -0.508 e. The molecule has 0 aliphatic heterocycles. The summed E-state index contributed by atoms with van der Waals surface area (Å²) in [6.45, 7) is 1.69. The molecular formula is C16H11BrO4. The van der Waals surface area contributed by atoms with Crippen molar-refractivity contribution in [2.45, 2.75) is 6.92 Å². The average molecular weight is 347 g/mol. The number of benzene rings is 2. The second kappa shape index (κ2) is 4.93. The van der Waals surface area contributed by atoms with Crippen molar-refractivity contribution in [1.29, 1.82) is 0 Å². The number of phenolic OH excluding ortho intramolecular Hbond substituents is 2. The summed E-state index contributed by atoms with van der Waals surface area (Å²) < 4.78 is 6.28. The molecule has 21 heavy (non-hydrogen) atoms. The van der Waals surface area contributed by atoms with Crippen LogP contribution < -0.4 is 5.43 Å². The highest BCUT2D eigenvalue weighted by molar-refractivity contribution is 9.10. The van der Waals surface area contributed by atoms with Gasteiger partial charge in [-0.15, -0.1) is 0 Å². The van der Waals surface area contributed by atoms with Crippen LogP contribution in [0, 0.1) is 6.92 Å². The van der Waals surface area contributed by atoms with Crippen LogP contribution in [-0.2, 0) is 0 Å². The summed E-state index contributed by atoms with van der Waals surface area (Å²) in [5.74, 6) is 0.559. The van der Waals surface area contributed by atoms with Gasteiger partial charge in [-0.25, -0.2) is 0 Å². The van der Waals surface area contributed by atoms with Crippen LogP contribution in [0.2, 0.25) is 0 Å². The van der Waals surface area contributed by atoms with Gasteiger partial charge in [0.25, 0.3) is 0 Å². The summed E-state index contributed by atoms with van der Waals surface area (Å²) in [7, 11) is 0. The Kier molecular flexibility index (Phi) is 3.22. The lowest BCUT2D eigenvalue weighted by Gasteiger charge is -2.08. The summed E-state index contributed by atoms with van der Waals surface area (Å²) in [6.07, 6.45) is 0. The maximum atomic E-state index is 12.4. The molecule has 0 aliphatic rings. The van der Waals surface area contributed by atoms with Crippen LogP contribution in [0.3, 0.4) is 0 Å². The summed E-state index contributed by atoms with van der Waals surface area (Å²) in [6, 6.07) is 9.27. The number of halogens is 1. The zero-order chi connectivity index (χ0) is 15.1. The lowest BCUT2D eigenvalue weighted by Crippen LogP contribution is -2.07. The molecule has 0 amide bonds. The van der Waals surface area contributed by atoms with Crippen molar-refractivity contribution in [3.63, 3.8) is 0 Å². The third-order valence-electron chi connectivity index (χ3n) is 3.31. The van der Waals surface area contributed by atoms with Gasteiger partial charge in [-0.05, 0) is 53.2 Å². The van der Waals surface area contributed by atoms with Gasteiger partial charge in [0.1, 0.15) is 22.8 Å². The maximum absolute atomic E-state index is 12.4. The summed E-state index contributed by atoms with van der Waals surface area (Å²) in [4.78, 5) is 12.4. The monoisotopic (exact) mass is 346 g/mol. The van der Waals surface area contributed by atoms with Gasteiger partial charge in [0.2, 0.25) is 0 Å². The molecular weight excluding hydrogens is 336 g/mol. The van der Waals surface area contributed by atoms with Crippen LogP contribution in [0.4, 0.5) is 0 Å². The third kappa shape index (κ3) is 2.29. The topological polar surface area (TPSA) is 70.7 Å². The fourth-order valence-corrected chi connectivity index (χ4v) is 2.58. The maximum Gasteiger partial charge on any atom is 0.196 e. The number of aromatic hydroxyl groups is 2. The van der Waals surface area contributed by atoms with Crippen molar-refractivity contribution in [3.8, 4) is 22.8 Å². The number of fused-ring (bicyclic) bond motifs is 1. The predicted octanol–water partition coefficient (Wildman–Crippen LogP) is 3.94. The quantitative estimate of drug-likeness (QED) is 0.699. The molecule has 0 aliphatic carbocycles. The molecule has 0 saturated carbocycles. The minimum absolute atomic E-state index is 0.0346. The predicted molar refractivity (Wildman–Crippen MR) is 83.7 cm³/mol. The molecule has 5 heteroatoms. The Hall–Kier alpha value is -2.27. The standard InChI is InChI=1S/C16H11BrO4/c1-8-15(20)11-4-3-10(18)7-14(11)21-16(8)9-2-5-13(19)12(17)6-9/h2-7,18-19H,1H3. The van der Waals surface area contributed by atoms with E-state index in [1.54, 1.807) is 25.1 Å². The van der Waals surface area contributed by atoms with Gasteiger partial charge in [0.15, 0.2) is 5.43 Å². The zero-order valence-electron chi connectivity index (χ0n) is 11.1. The molecule has 2 N–H and O–H groups in total. The van der Waals surface area contributed by atoms with E-state index in [2.05, 4.69) is 15.9 Å².